The number of likely N-dealkylation sites (N-methyl/N-ethyl adjacent to an activating group) is 1. The van der Waals surface area contributed by atoms with E-state index in [0.29, 0.717) is 24.0 Å². The van der Waals surface area contributed by atoms with Crippen LogP contribution in [-0.2, 0) is 10.0 Å². The Bertz CT molecular complexity index is 1320. The summed E-state index contributed by atoms with van der Waals surface area (Å²) < 4.78 is 35.0. The molecule has 1 aliphatic heterocycles. The van der Waals surface area contributed by atoms with E-state index >= 15 is 0 Å². The minimum Gasteiger partial charge on any atom is -0.487 e. The van der Waals surface area contributed by atoms with Crippen LogP contribution in [0.4, 0.5) is 0 Å². The molecule has 1 saturated carbocycles. The predicted molar refractivity (Wildman–Crippen MR) is 142 cm³/mol. The molecule has 1 aromatic carbocycles. The molecule has 0 saturated heterocycles. The molecule has 2 N–H and O–H groups in total. The molecule has 1 fully saturated rings. The minimum absolute atomic E-state index is 0.0251. The number of aliphatic hydroxyl groups is 2. The van der Waals surface area contributed by atoms with Gasteiger partial charge in [0.25, 0.3) is 5.91 Å². The van der Waals surface area contributed by atoms with E-state index in [1.54, 1.807) is 55.5 Å². The summed E-state index contributed by atoms with van der Waals surface area (Å²) in [5.74, 6) is 5.56. The highest BCUT2D eigenvalue weighted by Crippen LogP contribution is 2.34. The Hall–Kier alpha value is -2.97. The van der Waals surface area contributed by atoms with E-state index in [0.717, 1.165) is 12.8 Å². The Balaban J connectivity index is 1.71. The number of aromatic nitrogens is 1. The number of sulfonamides is 1. The van der Waals surface area contributed by atoms with Crippen LogP contribution in [0.5, 0.6) is 5.75 Å². The summed E-state index contributed by atoms with van der Waals surface area (Å²) in [5, 5.41) is 20.5. The van der Waals surface area contributed by atoms with Gasteiger partial charge in [-0.2, -0.15) is 4.31 Å². The molecule has 1 aromatic heterocycles. The molecule has 0 spiro atoms. The number of amides is 1. The van der Waals surface area contributed by atoms with Gasteiger partial charge in [-0.1, -0.05) is 18.8 Å². The molecule has 38 heavy (non-hydrogen) atoms. The van der Waals surface area contributed by atoms with Crippen molar-refractivity contribution < 1.29 is 28.2 Å². The third-order valence-electron chi connectivity index (χ3n) is 7.27. The van der Waals surface area contributed by atoms with Gasteiger partial charge < -0.3 is 19.8 Å². The highest BCUT2D eigenvalue weighted by molar-refractivity contribution is 7.89. The van der Waals surface area contributed by atoms with E-state index in [1.165, 1.54) is 10.4 Å². The predicted octanol–water partition coefficient (Wildman–Crippen LogP) is 2.28. The molecule has 2 aromatic rings. The molecule has 0 radical (unpaired) electrons. The Morgan fingerprint density at radius 2 is 1.95 bits per heavy atom. The number of ether oxygens (including phenoxy) is 1. The first-order valence-electron chi connectivity index (χ1n) is 12.9. The van der Waals surface area contributed by atoms with Crippen molar-refractivity contribution in [2.24, 2.45) is 5.92 Å². The van der Waals surface area contributed by atoms with Gasteiger partial charge in [-0.25, -0.2) is 8.42 Å². The summed E-state index contributed by atoms with van der Waals surface area (Å²) >= 11 is 0. The fourth-order valence-electron chi connectivity index (χ4n) is 4.86. The lowest BCUT2D eigenvalue weighted by Crippen LogP contribution is -2.50. The Morgan fingerprint density at radius 3 is 2.61 bits per heavy atom. The molecule has 2 aliphatic rings. The van der Waals surface area contributed by atoms with Gasteiger partial charge in [0.1, 0.15) is 22.4 Å². The van der Waals surface area contributed by atoms with Crippen LogP contribution in [0.2, 0.25) is 0 Å². The number of benzene rings is 1. The average Bonchev–Trinajstić information content (AvgIpc) is 3.35. The maximum atomic E-state index is 13.7. The lowest BCUT2D eigenvalue weighted by molar-refractivity contribution is 0.0563. The number of aliphatic hydroxyl groups excluding tert-OH is 1. The summed E-state index contributed by atoms with van der Waals surface area (Å²) in [6.07, 6.45) is 5.62. The molecule has 204 valence electrons. The van der Waals surface area contributed by atoms with Crippen molar-refractivity contribution in [3.8, 4) is 17.6 Å². The molecular formula is C28H35N3O6S. The van der Waals surface area contributed by atoms with E-state index in [4.69, 9.17) is 4.74 Å². The zero-order valence-corrected chi connectivity index (χ0v) is 22.8. The Morgan fingerprint density at radius 1 is 1.26 bits per heavy atom. The SMILES string of the molecule is C[C@@H]1CN([C@@H](C)CO)S(=O)(=O)c2ccc(C#CC3(O)CCCC3)cc2O[C@@H]1CN(C)C(=O)c1ccncc1. The highest BCUT2D eigenvalue weighted by Gasteiger charge is 2.38. The van der Waals surface area contributed by atoms with Crippen molar-refractivity contribution in [3.05, 3.63) is 53.9 Å². The standard InChI is InChI=1S/C28H35N3O6S/c1-20-17-31(21(2)19-32)38(35,36)26-7-6-22(8-13-28(34)11-4-5-12-28)16-24(26)37-25(20)18-30(3)27(33)23-9-14-29-15-10-23/h6-7,9-10,14-16,20-21,25,32,34H,4-5,11-12,17-19H2,1-3H3/t20-,21+,25-/m1/s1. The number of carbonyl (C=O) groups is 1. The second-order valence-corrected chi connectivity index (χ2v) is 12.2. The van der Waals surface area contributed by atoms with Gasteiger partial charge in [-0.05, 0) is 62.9 Å². The number of pyridine rings is 1. The molecule has 0 unspecified atom stereocenters. The normalized spacial score (nSPS) is 23.1. The number of carbonyl (C=O) groups excluding carboxylic acids is 1. The first kappa shape index (κ1) is 28.0. The molecule has 10 heteroatoms. The van der Waals surface area contributed by atoms with Crippen molar-refractivity contribution in [1.82, 2.24) is 14.2 Å². The smallest absolute Gasteiger partial charge is 0.253 e. The van der Waals surface area contributed by atoms with Crippen LogP contribution in [0.15, 0.2) is 47.6 Å². The summed E-state index contributed by atoms with van der Waals surface area (Å²) in [6, 6.07) is 7.26. The van der Waals surface area contributed by atoms with Crippen LogP contribution >= 0.6 is 0 Å². The zero-order valence-electron chi connectivity index (χ0n) is 22.0. The van der Waals surface area contributed by atoms with Gasteiger partial charge in [0.05, 0.1) is 13.2 Å². The van der Waals surface area contributed by atoms with E-state index in [2.05, 4.69) is 16.8 Å². The molecule has 2 heterocycles. The third-order valence-corrected chi connectivity index (χ3v) is 9.28. The van der Waals surface area contributed by atoms with Crippen LogP contribution < -0.4 is 4.74 Å². The van der Waals surface area contributed by atoms with Crippen LogP contribution in [0, 0.1) is 17.8 Å². The van der Waals surface area contributed by atoms with E-state index in [1.807, 2.05) is 6.92 Å². The molecular weight excluding hydrogens is 506 g/mol. The quantitative estimate of drug-likeness (QED) is 0.557. The minimum atomic E-state index is -3.99. The average molecular weight is 542 g/mol. The number of nitrogens with zero attached hydrogens (tertiary/aromatic N) is 3. The van der Waals surface area contributed by atoms with Crippen LogP contribution in [-0.4, -0.2) is 83.2 Å². The van der Waals surface area contributed by atoms with E-state index < -0.39 is 27.8 Å². The second-order valence-electron chi connectivity index (χ2n) is 10.3. The molecule has 3 atom stereocenters. The van der Waals surface area contributed by atoms with Crippen molar-refractivity contribution in [2.45, 2.75) is 62.2 Å². The van der Waals surface area contributed by atoms with Gasteiger partial charge in [-0.3, -0.25) is 9.78 Å². The van der Waals surface area contributed by atoms with Gasteiger partial charge in [0, 0.05) is 49.1 Å². The van der Waals surface area contributed by atoms with Crippen LogP contribution in [0.1, 0.15) is 55.5 Å². The maximum Gasteiger partial charge on any atom is 0.253 e. The summed E-state index contributed by atoms with van der Waals surface area (Å²) in [7, 11) is -2.32. The molecule has 1 aliphatic carbocycles. The summed E-state index contributed by atoms with van der Waals surface area (Å²) in [6.45, 7) is 3.50. The summed E-state index contributed by atoms with van der Waals surface area (Å²) in [5.41, 5.74) is -0.0198. The van der Waals surface area contributed by atoms with Crippen LogP contribution in [0.3, 0.4) is 0 Å². The number of fused-ring (bicyclic) bond motifs is 1. The van der Waals surface area contributed by atoms with E-state index in [9.17, 15) is 23.4 Å². The fourth-order valence-corrected chi connectivity index (χ4v) is 6.69. The highest BCUT2D eigenvalue weighted by atomic mass is 32.2. The number of hydrogen-bond acceptors (Lipinski definition) is 7. The van der Waals surface area contributed by atoms with Crippen LogP contribution in [0.25, 0.3) is 0 Å². The Kier molecular flexibility index (Phi) is 8.43. The molecule has 1 amide bonds. The molecule has 0 bridgehead atoms. The molecule has 9 nitrogen and oxygen atoms in total. The number of hydrogen-bond donors (Lipinski definition) is 2. The van der Waals surface area contributed by atoms with Gasteiger partial charge in [0.15, 0.2) is 0 Å². The van der Waals surface area contributed by atoms with Gasteiger partial charge >= 0.3 is 0 Å². The van der Waals surface area contributed by atoms with Crippen molar-refractivity contribution in [3.63, 3.8) is 0 Å². The van der Waals surface area contributed by atoms with Crippen molar-refractivity contribution >= 4 is 15.9 Å². The third kappa shape index (κ3) is 6.02. The monoisotopic (exact) mass is 541 g/mol. The maximum absolute atomic E-state index is 13.7. The molecule has 4 rings (SSSR count). The Labute approximate surface area is 224 Å². The zero-order chi connectivity index (χ0) is 27.5. The lowest BCUT2D eigenvalue weighted by Gasteiger charge is -2.37. The van der Waals surface area contributed by atoms with Crippen molar-refractivity contribution in [1.29, 1.82) is 0 Å². The van der Waals surface area contributed by atoms with Gasteiger partial charge in [-0.15, -0.1) is 0 Å². The lowest BCUT2D eigenvalue weighted by atomic mass is 10.0. The number of rotatable bonds is 5. The van der Waals surface area contributed by atoms with Crippen molar-refractivity contribution in [2.75, 3.05) is 26.7 Å². The first-order valence-corrected chi connectivity index (χ1v) is 14.3. The largest absolute Gasteiger partial charge is 0.487 e. The topological polar surface area (TPSA) is 120 Å². The second kappa shape index (κ2) is 11.4. The van der Waals surface area contributed by atoms with E-state index in [-0.39, 0.29) is 42.2 Å². The fraction of sp³-hybridized carbons (Fsp3) is 0.500. The van der Waals surface area contributed by atoms with Gasteiger partial charge in [0.2, 0.25) is 10.0 Å². The summed E-state index contributed by atoms with van der Waals surface area (Å²) in [4.78, 5) is 18.5. The first-order chi connectivity index (χ1) is 18.0.